The van der Waals surface area contributed by atoms with Crippen molar-refractivity contribution in [2.45, 2.75) is 65.7 Å². The average Bonchev–Trinajstić information content (AvgIpc) is 2.41. The monoisotopic (exact) mass is 364 g/mol. The molecule has 21 heavy (non-hydrogen) atoms. The summed E-state index contributed by atoms with van der Waals surface area (Å²) in [7, 11) is 3.75. The molecule has 0 aromatic rings. The van der Waals surface area contributed by atoms with Crippen LogP contribution in [-0.2, 0) is 4.79 Å². The molecule has 0 aliphatic carbocycles. The van der Waals surface area contributed by atoms with Gasteiger partial charge in [-0.2, -0.15) is 0 Å². The van der Waals surface area contributed by atoms with E-state index in [0.29, 0.717) is 5.57 Å². The molecular formula is C17H37BrN2O. The van der Waals surface area contributed by atoms with Gasteiger partial charge in [0.25, 0.3) is 0 Å². The normalized spacial score (nSPS) is 9.19. The molecule has 0 atom stereocenters. The quantitative estimate of drug-likeness (QED) is 0.454. The van der Waals surface area contributed by atoms with Gasteiger partial charge in [0.15, 0.2) is 0 Å². The molecular weight excluding hydrogens is 328 g/mol. The number of amides is 1. The van der Waals surface area contributed by atoms with Crippen molar-refractivity contribution < 1.29 is 4.79 Å². The topological polar surface area (TPSA) is 32.3 Å². The van der Waals surface area contributed by atoms with Crippen LogP contribution >= 0.6 is 17.0 Å². The van der Waals surface area contributed by atoms with E-state index in [4.69, 9.17) is 0 Å². The first-order valence-corrected chi connectivity index (χ1v) is 8.08. The number of unbranched alkanes of at least 4 members (excludes halogenated alkanes) is 5. The molecule has 0 aromatic heterocycles. The Morgan fingerprint density at radius 3 is 1.86 bits per heavy atom. The van der Waals surface area contributed by atoms with E-state index in [9.17, 15) is 4.79 Å². The van der Waals surface area contributed by atoms with Gasteiger partial charge >= 0.3 is 0 Å². The van der Waals surface area contributed by atoms with Crippen LogP contribution in [0.3, 0.4) is 0 Å². The Kier molecular flexibility index (Phi) is 23.9. The van der Waals surface area contributed by atoms with E-state index in [0.717, 1.165) is 25.9 Å². The Morgan fingerprint density at radius 2 is 1.43 bits per heavy atom. The van der Waals surface area contributed by atoms with Crippen LogP contribution < -0.4 is 5.32 Å². The zero-order chi connectivity index (χ0) is 15.8. The van der Waals surface area contributed by atoms with E-state index >= 15 is 0 Å². The Hall–Kier alpha value is -0.350. The number of rotatable bonds is 10. The minimum Gasteiger partial charge on any atom is -0.339 e. The molecule has 0 saturated heterocycles. The minimum absolute atomic E-state index is 0. The highest BCUT2D eigenvalue weighted by Crippen LogP contribution is 2.08. The van der Waals surface area contributed by atoms with Crippen LogP contribution in [0.2, 0.25) is 0 Å². The number of carbonyl (C=O) groups excluding carboxylic acids is 1. The summed E-state index contributed by atoms with van der Waals surface area (Å²) in [6, 6.07) is 0. The lowest BCUT2D eigenvalue weighted by Gasteiger charge is -2.22. The number of carbonyl (C=O) groups is 1. The fraction of sp³-hybridized carbons (Fsp3) is 0.824. The summed E-state index contributed by atoms with van der Waals surface area (Å²) in [5.41, 5.74) is 0.657. The summed E-state index contributed by atoms with van der Waals surface area (Å²) in [4.78, 5) is 13.8. The molecule has 0 unspecified atom stereocenters. The highest BCUT2D eigenvalue weighted by atomic mass is 79.9. The van der Waals surface area contributed by atoms with E-state index < -0.39 is 0 Å². The van der Waals surface area contributed by atoms with Crippen molar-refractivity contribution in [1.82, 2.24) is 10.2 Å². The Morgan fingerprint density at radius 1 is 0.952 bits per heavy atom. The first-order chi connectivity index (χ1) is 9.54. The first kappa shape index (κ1) is 25.6. The maximum absolute atomic E-state index is 11.8. The van der Waals surface area contributed by atoms with Crippen molar-refractivity contribution in [1.29, 1.82) is 0 Å². The van der Waals surface area contributed by atoms with E-state index in [1.165, 1.54) is 32.1 Å². The lowest BCUT2D eigenvalue weighted by molar-refractivity contribution is -0.127. The molecule has 0 bridgehead atoms. The van der Waals surface area contributed by atoms with Crippen LogP contribution in [0, 0.1) is 0 Å². The minimum atomic E-state index is 0. The highest BCUT2D eigenvalue weighted by molar-refractivity contribution is 8.93. The first-order valence-electron chi connectivity index (χ1n) is 8.08. The fourth-order valence-electron chi connectivity index (χ4n) is 1.94. The molecule has 0 heterocycles. The van der Waals surface area contributed by atoms with Gasteiger partial charge in [-0.05, 0) is 33.9 Å². The molecule has 0 rings (SSSR count). The molecule has 0 fully saturated rings. The van der Waals surface area contributed by atoms with Crippen LogP contribution in [0.15, 0.2) is 12.2 Å². The molecule has 0 aromatic carbocycles. The van der Waals surface area contributed by atoms with Gasteiger partial charge in [-0.15, -0.1) is 17.0 Å². The smallest absolute Gasteiger partial charge is 0.248 e. The second kappa shape index (κ2) is 19.7. The third-order valence-corrected chi connectivity index (χ3v) is 2.93. The maximum Gasteiger partial charge on any atom is 0.248 e. The van der Waals surface area contributed by atoms with Crippen molar-refractivity contribution >= 4 is 22.9 Å². The second-order valence-corrected chi connectivity index (χ2v) is 5.34. The number of hydrogen-bond donors (Lipinski definition) is 1. The second-order valence-electron chi connectivity index (χ2n) is 5.34. The van der Waals surface area contributed by atoms with Crippen molar-refractivity contribution in [2.24, 2.45) is 0 Å². The zero-order valence-corrected chi connectivity index (χ0v) is 16.5. The molecule has 0 aliphatic rings. The van der Waals surface area contributed by atoms with Gasteiger partial charge in [0.1, 0.15) is 0 Å². The van der Waals surface area contributed by atoms with Crippen LogP contribution in [0.1, 0.15) is 65.7 Å². The largest absolute Gasteiger partial charge is 0.339 e. The Balaban J connectivity index is -0.000000740. The van der Waals surface area contributed by atoms with Crippen molar-refractivity contribution in [3.63, 3.8) is 0 Å². The van der Waals surface area contributed by atoms with E-state index in [1.54, 1.807) is 6.92 Å². The number of hydrogen-bond acceptors (Lipinski definition) is 2. The number of halogens is 1. The summed E-state index contributed by atoms with van der Waals surface area (Å²) < 4.78 is 0. The summed E-state index contributed by atoms with van der Waals surface area (Å²) in [6.45, 7) is 11.6. The Bertz CT molecular complexity index is 245. The van der Waals surface area contributed by atoms with Crippen LogP contribution in [0.5, 0.6) is 0 Å². The lowest BCUT2D eigenvalue weighted by atomic mass is 10.1. The van der Waals surface area contributed by atoms with Gasteiger partial charge in [0.05, 0.1) is 0 Å². The summed E-state index contributed by atoms with van der Waals surface area (Å²) in [5.74, 6) is 0.125. The van der Waals surface area contributed by atoms with Crippen molar-refractivity contribution in [3.8, 4) is 0 Å². The third-order valence-electron chi connectivity index (χ3n) is 2.93. The molecule has 128 valence electrons. The number of nitrogens with zero attached hydrogens (tertiary/aromatic N) is 1. The molecule has 1 amide bonds. The van der Waals surface area contributed by atoms with Crippen LogP contribution in [0.25, 0.3) is 0 Å². The summed E-state index contributed by atoms with van der Waals surface area (Å²) in [6.07, 6.45) is 8.65. The van der Waals surface area contributed by atoms with Gasteiger partial charge in [-0.1, -0.05) is 52.5 Å². The van der Waals surface area contributed by atoms with E-state index in [1.807, 2.05) is 19.0 Å². The Labute approximate surface area is 143 Å². The van der Waals surface area contributed by atoms with Gasteiger partial charge < -0.3 is 10.2 Å². The standard InChI is InChI=1S/C15H29NO.C2H7N.BrH/c1-5-7-8-9-10-11-13-16(12-6-2)15(17)14(3)4;1-3-2;/h3,5-13H2,1-2,4H3;3H,1-2H3;1H. The summed E-state index contributed by atoms with van der Waals surface area (Å²) >= 11 is 0. The van der Waals surface area contributed by atoms with Crippen LogP contribution in [-0.4, -0.2) is 38.0 Å². The van der Waals surface area contributed by atoms with Crippen molar-refractivity contribution in [2.75, 3.05) is 27.2 Å². The number of nitrogens with one attached hydrogen (secondary N) is 1. The third kappa shape index (κ3) is 17.6. The SMILES string of the molecule is Br.C=C(C)C(=O)N(CCC)CCCCCCCC.CNC. The molecule has 4 heteroatoms. The molecule has 0 aliphatic heterocycles. The maximum atomic E-state index is 11.8. The predicted molar refractivity (Wildman–Crippen MR) is 100 cm³/mol. The molecule has 0 spiro atoms. The van der Waals surface area contributed by atoms with Gasteiger partial charge in [-0.25, -0.2) is 0 Å². The van der Waals surface area contributed by atoms with Crippen LogP contribution in [0.4, 0.5) is 0 Å². The van der Waals surface area contributed by atoms with E-state index in [2.05, 4.69) is 25.7 Å². The zero-order valence-electron chi connectivity index (χ0n) is 14.8. The van der Waals surface area contributed by atoms with Gasteiger partial charge in [0, 0.05) is 18.7 Å². The molecule has 3 nitrogen and oxygen atoms in total. The highest BCUT2D eigenvalue weighted by Gasteiger charge is 2.12. The fourth-order valence-corrected chi connectivity index (χ4v) is 1.94. The average molecular weight is 365 g/mol. The molecule has 1 N–H and O–H groups in total. The lowest BCUT2D eigenvalue weighted by Crippen LogP contribution is -2.33. The predicted octanol–water partition coefficient (Wildman–Crippen LogP) is 4.58. The summed E-state index contributed by atoms with van der Waals surface area (Å²) in [5, 5.41) is 2.75. The molecule has 0 radical (unpaired) electrons. The molecule has 0 saturated carbocycles. The van der Waals surface area contributed by atoms with Crippen molar-refractivity contribution in [3.05, 3.63) is 12.2 Å². The van der Waals surface area contributed by atoms with Gasteiger partial charge in [0.2, 0.25) is 5.91 Å². The van der Waals surface area contributed by atoms with E-state index in [-0.39, 0.29) is 22.9 Å². The van der Waals surface area contributed by atoms with Gasteiger partial charge in [-0.3, -0.25) is 4.79 Å².